The van der Waals surface area contributed by atoms with Gasteiger partial charge in [-0.3, -0.25) is 0 Å². The van der Waals surface area contributed by atoms with Crippen LogP contribution in [0.4, 0.5) is 0 Å². The number of aliphatic hydroxyl groups excluding tert-OH is 1. The van der Waals surface area contributed by atoms with E-state index in [0.29, 0.717) is 0 Å². The fourth-order valence-corrected chi connectivity index (χ4v) is 2.02. The van der Waals surface area contributed by atoms with E-state index in [1.807, 2.05) is 36.4 Å². The Morgan fingerprint density at radius 1 is 0.900 bits per heavy atom. The highest BCUT2D eigenvalue weighted by Crippen LogP contribution is 2.23. The van der Waals surface area contributed by atoms with Gasteiger partial charge in [0.15, 0.2) is 0 Å². The number of rotatable bonds is 6. The average molecular weight is 269 g/mol. The van der Waals surface area contributed by atoms with Gasteiger partial charge >= 0.3 is 0 Å². The second-order valence-electron chi connectivity index (χ2n) is 5.20. The van der Waals surface area contributed by atoms with Crippen LogP contribution in [0.5, 0.6) is 11.5 Å². The molecule has 1 fully saturated rings. The van der Waals surface area contributed by atoms with Gasteiger partial charge in [0.2, 0.25) is 0 Å². The fourth-order valence-electron chi connectivity index (χ4n) is 2.02. The van der Waals surface area contributed by atoms with Crippen molar-refractivity contribution < 1.29 is 9.84 Å². The van der Waals surface area contributed by atoms with E-state index >= 15 is 0 Å². The monoisotopic (exact) mass is 269 g/mol. The first-order valence-electron chi connectivity index (χ1n) is 7.03. The third-order valence-electron chi connectivity index (χ3n) is 3.44. The molecule has 3 rings (SSSR count). The van der Waals surface area contributed by atoms with Crippen LogP contribution in [0.25, 0.3) is 0 Å². The van der Waals surface area contributed by atoms with E-state index in [9.17, 15) is 0 Å². The minimum atomic E-state index is 0.0585. The molecular formula is C17H19NO2. The van der Waals surface area contributed by atoms with Crippen molar-refractivity contribution in [1.82, 2.24) is 5.32 Å². The van der Waals surface area contributed by atoms with Gasteiger partial charge in [-0.15, -0.1) is 0 Å². The highest BCUT2D eigenvalue weighted by atomic mass is 16.5. The summed E-state index contributed by atoms with van der Waals surface area (Å²) < 4.78 is 5.77. The SMILES string of the molecule is OCc1ccc(Oc2ccc(CNC3CC3)cc2)cc1. The highest BCUT2D eigenvalue weighted by Gasteiger charge is 2.19. The Kier molecular flexibility index (Phi) is 4.00. The van der Waals surface area contributed by atoms with Gasteiger partial charge in [0.25, 0.3) is 0 Å². The molecule has 0 saturated heterocycles. The quantitative estimate of drug-likeness (QED) is 0.846. The van der Waals surface area contributed by atoms with Crippen molar-refractivity contribution in [3.8, 4) is 11.5 Å². The van der Waals surface area contributed by atoms with Crippen molar-refractivity contribution in [1.29, 1.82) is 0 Å². The maximum absolute atomic E-state index is 9.00. The molecular weight excluding hydrogens is 250 g/mol. The molecule has 0 atom stereocenters. The second kappa shape index (κ2) is 6.07. The first-order valence-corrected chi connectivity index (χ1v) is 7.03. The van der Waals surface area contributed by atoms with E-state index in [4.69, 9.17) is 9.84 Å². The van der Waals surface area contributed by atoms with E-state index in [2.05, 4.69) is 17.4 Å². The van der Waals surface area contributed by atoms with Crippen LogP contribution in [0, 0.1) is 0 Å². The molecule has 2 aromatic rings. The van der Waals surface area contributed by atoms with Crippen LogP contribution in [-0.2, 0) is 13.2 Å². The molecule has 1 aliphatic carbocycles. The zero-order chi connectivity index (χ0) is 13.8. The molecule has 0 spiro atoms. The average Bonchev–Trinajstić information content (AvgIpc) is 3.32. The Morgan fingerprint density at radius 3 is 1.95 bits per heavy atom. The van der Waals surface area contributed by atoms with E-state index in [1.54, 1.807) is 0 Å². The summed E-state index contributed by atoms with van der Waals surface area (Å²) in [4.78, 5) is 0. The van der Waals surface area contributed by atoms with Crippen LogP contribution in [-0.4, -0.2) is 11.1 Å². The Balaban J connectivity index is 1.58. The van der Waals surface area contributed by atoms with Crippen molar-refractivity contribution in [2.75, 3.05) is 0 Å². The Labute approximate surface area is 119 Å². The maximum Gasteiger partial charge on any atom is 0.127 e. The third kappa shape index (κ3) is 3.59. The predicted molar refractivity (Wildman–Crippen MR) is 78.7 cm³/mol. The second-order valence-corrected chi connectivity index (χ2v) is 5.20. The van der Waals surface area contributed by atoms with Gasteiger partial charge in [0.05, 0.1) is 6.61 Å². The topological polar surface area (TPSA) is 41.5 Å². The van der Waals surface area contributed by atoms with Crippen LogP contribution in [0.15, 0.2) is 48.5 Å². The molecule has 0 radical (unpaired) electrons. The number of hydrogen-bond donors (Lipinski definition) is 2. The molecule has 1 saturated carbocycles. The lowest BCUT2D eigenvalue weighted by molar-refractivity contribution is 0.281. The molecule has 0 unspecified atom stereocenters. The van der Waals surface area contributed by atoms with Gasteiger partial charge in [0, 0.05) is 12.6 Å². The number of nitrogens with one attached hydrogen (secondary N) is 1. The van der Waals surface area contributed by atoms with Crippen molar-refractivity contribution in [3.05, 3.63) is 59.7 Å². The first kappa shape index (κ1) is 13.2. The molecule has 0 heterocycles. The largest absolute Gasteiger partial charge is 0.457 e. The third-order valence-corrected chi connectivity index (χ3v) is 3.44. The van der Waals surface area contributed by atoms with Crippen LogP contribution < -0.4 is 10.1 Å². The summed E-state index contributed by atoms with van der Waals surface area (Å²) >= 11 is 0. The van der Waals surface area contributed by atoms with Crippen molar-refractivity contribution in [3.63, 3.8) is 0 Å². The summed E-state index contributed by atoms with van der Waals surface area (Å²) in [6.07, 6.45) is 2.62. The van der Waals surface area contributed by atoms with Crippen LogP contribution in [0.1, 0.15) is 24.0 Å². The van der Waals surface area contributed by atoms with Gasteiger partial charge < -0.3 is 15.2 Å². The summed E-state index contributed by atoms with van der Waals surface area (Å²) in [7, 11) is 0. The minimum absolute atomic E-state index is 0.0585. The van der Waals surface area contributed by atoms with Crippen molar-refractivity contribution in [2.45, 2.75) is 32.0 Å². The lowest BCUT2D eigenvalue weighted by Gasteiger charge is -2.08. The van der Waals surface area contributed by atoms with Gasteiger partial charge in [0.1, 0.15) is 11.5 Å². The number of hydrogen-bond acceptors (Lipinski definition) is 3. The molecule has 0 aliphatic heterocycles. The minimum Gasteiger partial charge on any atom is -0.457 e. The molecule has 2 aromatic carbocycles. The summed E-state index contributed by atoms with van der Waals surface area (Å²) in [6.45, 7) is 0.985. The zero-order valence-electron chi connectivity index (χ0n) is 11.4. The highest BCUT2D eigenvalue weighted by molar-refractivity contribution is 5.34. The Bertz CT molecular complexity index is 544. The summed E-state index contributed by atoms with van der Waals surface area (Å²) in [6, 6.07) is 16.4. The van der Waals surface area contributed by atoms with Gasteiger partial charge in [-0.2, -0.15) is 0 Å². The number of ether oxygens (including phenoxy) is 1. The van der Waals surface area contributed by atoms with E-state index in [0.717, 1.165) is 29.6 Å². The first-order chi connectivity index (χ1) is 9.83. The molecule has 0 bridgehead atoms. The van der Waals surface area contributed by atoms with Crippen LogP contribution >= 0.6 is 0 Å². The number of benzene rings is 2. The molecule has 3 heteroatoms. The summed E-state index contributed by atoms with van der Waals surface area (Å²) in [5.74, 6) is 1.61. The molecule has 1 aliphatic rings. The standard InChI is InChI=1S/C17H19NO2/c19-12-14-3-9-17(10-4-14)20-16-7-1-13(2-8-16)11-18-15-5-6-15/h1-4,7-10,15,18-19H,5-6,11-12H2. The normalized spacial score (nSPS) is 14.2. The van der Waals surface area contributed by atoms with Gasteiger partial charge in [-0.05, 0) is 48.2 Å². The van der Waals surface area contributed by atoms with E-state index < -0.39 is 0 Å². The number of aliphatic hydroxyl groups is 1. The summed E-state index contributed by atoms with van der Waals surface area (Å²) in [5, 5.41) is 12.5. The zero-order valence-corrected chi connectivity index (χ0v) is 11.4. The predicted octanol–water partition coefficient (Wildman–Crippen LogP) is 3.22. The fraction of sp³-hybridized carbons (Fsp3) is 0.294. The van der Waals surface area contributed by atoms with Crippen LogP contribution in [0.3, 0.4) is 0 Å². The summed E-state index contributed by atoms with van der Waals surface area (Å²) in [5.41, 5.74) is 2.17. The van der Waals surface area contributed by atoms with Crippen LogP contribution in [0.2, 0.25) is 0 Å². The Hall–Kier alpha value is -1.84. The van der Waals surface area contributed by atoms with Gasteiger partial charge in [-0.1, -0.05) is 24.3 Å². The van der Waals surface area contributed by atoms with Crippen molar-refractivity contribution in [2.24, 2.45) is 0 Å². The Morgan fingerprint density at radius 2 is 1.45 bits per heavy atom. The molecule has 0 aromatic heterocycles. The lowest BCUT2D eigenvalue weighted by Crippen LogP contribution is -2.14. The molecule has 20 heavy (non-hydrogen) atoms. The molecule has 3 nitrogen and oxygen atoms in total. The molecule has 0 amide bonds. The molecule has 2 N–H and O–H groups in total. The smallest absolute Gasteiger partial charge is 0.127 e. The van der Waals surface area contributed by atoms with Gasteiger partial charge in [-0.25, -0.2) is 0 Å². The lowest BCUT2D eigenvalue weighted by atomic mass is 10.2. The van der Waals surface area contributed by atoms with E-state index in [1.165, 1.54) is 18.4 Å². The maximum atomic E-state index is 9.00. The van der Waals surface area contributed by atoms with E-state index in [-0.39, 0.29) is 6.61 Å². The van der Waals surface area contributed by atoms with Crippen molar-refractivity contribution >= 4 is 0 Å². The molecule has 104 valence electrons.